The van der Waals surface area contributed by atoms with Gasteiger partial charge in [-0.05, 0) is 47.2 Å². The number of hydrogen-bond donors (Lipinski definition) is 1. The standard InChI is InChI=1S/C31H31N3O3/c1-21(2)23-12-14-25(15-13-23)34-30(36)19-28(31(34)37)33(29(35)18-22-8-4-3-5-9-22)17-16-24-20-32-27-11-7-6-10-26(24)27/h3-15,20-21,28,32H,16-19H2,1-2H3. The van der Waals surface area contributed by atoms with Crippen LogP contribution >= 0.6 is 0 Å². The molecule has 3 amide bonds. The summed E-state index contributed by atoms with van der Waals surface area (Å²) in [7, 11) is 0. The number of carbonyl (C=O) groups is 3. The van der Waals surface area contributed by atoms with E-state index in [1.165, 1.54) is 4.90 Å². The summed E-state index contributed by atoms with van der Waals surface area (Å²) < 4.78 is 0. The summed E-state index contributed by atoms with van der Waals surface area (Å²) >= 11 is 0. The number of benzene rings is 3. The van der Waals surface area contributed by atoms with E-state index in [0.717, 1.165) is 27.6 Å². The van der Waals surface area contributed by atoms with Crippen LogP contribution in [0.2, 0.25) is 0 Å². The highest BCUT2D eigenvalue weighted by molar-refractivity contribution is 6.23. The van der Waals surface area contributed by atoms with Gasteiger partial charge in [-0.2, -0.15) is 0 Å². The van der Waals surface area contributed by atoms with Crippen LogP contribution in [0.1, 0.15) is 42.9 Å². The predicted molar refractivity (Wildman–Crippen MR) is 145 cm³/mol. The molecule has 4 aromatic rings. The maximum Gasteiger partial charge on any atom is 0.257 e. The van der Waals surface area contributed by atoms with Gasteiger partial charge in [-0.25, -0.2) is 4.90 Å². The molecule has 1 fully saturated rings. The maximum atomic E-state index is 13.6. The minimum atomic E-state index is -0.821. The van der Waals surface area contributed by atoms with Crippen LogP contribution < -0.4 is 4.90 Å². The molecule has 0 saturated carbocycles. The van der Waals surface area contributed by atoms with Crippen LogP contribution in [0.3, 0.4) is 0 Å². The molecule has 0 aliphatic carbocycles. The number of rotatable bonds is 8. The zero-order chi connectivity index (χ0) is 25.9. The monoisotopic (exact) mass is 493 g/mol. The molecule has 5 rings (SSSR count). The van der Waals surface area contributed by atoms with Crippen molar-refractivity contribution in [1.82, 2.24) is 9.88 Å². The molecule has 1 aliphatic heterocycles. The van der Waals surface area contributed by atoms with E-state index in [9.17, 15) is 14.4 Å². The molecule has 1 N–H and O–H groups in total. The summed E-state index contributed by atoms with van der Waals surface area (Å²) in [5, 5.41) is 1.10. The summed E-state index contributed by atoms with van der Waals surface area (Å²) in [4.78, 5) is 46.4. The Balaban J connectivity index is 1.41. The third kappa shape index (κ3) is 5.05. The second kappa shape index (κ2) is 10.4. The number of aromatic amines is 1. The van der Waals surface area contributed by atoms with Gasteiger partial charge in [0.1, 0.15) is 6.04 Å². The first kappa shape index (κ1) is 24.5. The van der Waals surface area contributed by atoms with Gasteiger partial charge in [-0.15, -0.1) is 0 Å². The predicted octanol–water partition coefficient (Wildman–Crippen LogP) is 5.24. The molecule has 188 valence electrons. The van der Waals surface area contributed by atoms with Crippen molar-refractivity contribution in [2.45, 2.75) is 45.1 Å². The van der Waals surface area contributed by atoms with Crippen molar-refractivity contribution in [2.24, 2.45) is 0 Å². The number of hydrogen-bond acceptors (Lipinski definition) is 3. The lowest BCUT2D eigenvalue weighted by Crippen LogP contribution is -2.47. The van der Waals surface area contributed by atoms with Crippen LogP contribution in [0.4, 0.5) is 5.69 Å². The van der Waals surface area contributed by atoms with Crippen LogP contribution in [0.5, 0.6) is 0 Å². The average Bonchev–Trinajstić information content (AvgIpc) is 3.45. The largest absolute Gasteiger partial charge is 0.361 e. The minimum absolute atomic E-state index is 0.0147. The van der Waals surface area contributed by atoms with Crippen molar-refractivity contribution in [3.8, 4) is 0 Å². The van der Waals surface area contributed by atoms with Crippen molar-refractivity contribution in [1.29, 1.82) is 0 Å². The van der Waals surface area contributed by atoms with E-state index in [2.05, 4.69) is 18.8 Å². The van der Waals surface area contributed by atoms with E-state index < -0.39 is 6.04 Å². The second-order valence-corrected chi connectivity index (χ2v) is 9.89. The molecule has 0 radical (unpaired) electrons. The number of amides is 3. The number of carbonyl (C=O) groups excluding carboxylic acids is 3. The van der Waals surface area contributed by atoms with Crippen molar-refractivity contribution in [3.63, 3.8) is 0 Å². The Labute approximate surface area is 216 Å². The lowest BCUT2D eigenvalue weighted by atomic mass is 10.0. The Kier molecular flexibility index (Phi) is 6.91. The van der Waals surface area contributed by atoms with Crippen LogP contribution in [0, 0.1) is 0 Å². The smallest absolute Gasteiger partial charge is 0.257 e. The molecular weight excluding hydrogens is 462 g/mol. The molecule has 1 unspecified atom stereocenters. The number of aromatic nitrogens is 1. The van der Waals surface area contributed by atoms with Gasteiger partial charge in [0.05, 0.1) is 18.5 Å². The van der Waals surface area contributed by atoms with E-state index in [-0.39, 0.29) is 30.6 Å². The van der Waals surface area contributed by atoms with Gasteiger partial charge in [-0.1, -0.05) is 74.5 Å². The number of H-pyrrole nitrogens is 1. The first-order valence-electron chi connectivity index (χ1n) is 12.8. The maximum absolute atomic E-state index is 13.6. The molecule has 0 bridgehead atoms. The molecule has 1 aliphatic rings. The number of para-hydroxylation sites is 1. The lowest BCUT2D eigenvalue weighted by Gasteiger charge is -2.28. The summed E-state index contributed by atoms with van der Waals surface area (Å²) in [6, 6.07) is 24.2. The zero-order valence-corrected chi connectivity index (χ0v) is 21.2. The molecule has 1 saturated heterocycles. The number of fused-ring (bicyclic) bond motifs is 1. The zero-order valence-electron chi connectivity index (χ0n) is 21.2. The van der Waals surface area contributed by atoms with Crippen LogP contribution in [0.15, 0.2) is 85.1 Å². The van der Waals surface area contributed by atoms with Gasteiger partial charge in [-0.3, -0.25) is 14.4 Å². The molecule has 1 atom stereocenters. The fourth-order valence-corrected chi connectivity index (χ4v) is 5.04. The molecule has 3 aromatic carbocycles. The number of nitrogens with one attached hydrogen (secondary N) is 1. The van der Waals surface area contributed by atoms with Crippen LogP contribution in [-0.2, 0) is 27.2 Å². The van der Waals surface area contributed by atoms with Crippen molar-refractivity contribution >= 4 is 34.3 Å². The average molecular weight is 494 g/mol. The fraction of sp³-hybridized carbons (Fsp3) is 0.258. The highest BCUT2D eigenvalue weighted by atomic mass is 16.2. The molecule has 0 spiro atoms. The summed E-state index contributed by atoms with van der Waals surface area (Å²) in [6.07, 6.45) is 2.69. The highest BCUT2D eigenvalue weighted by Crippen LogP contribution is 2.28. The van der Waals surface area contributed by atoms with Crippen LogP contribution in [0.25, 0.3) is 10.9 Å². The van der Waals surface area contributed by atoms with Gasteiger partial charge in [0.15, 0.2) is 0 Å². The van der Waals surface area contributed by atoms with E-state index in [1.807, 2.05) is 85.1 Å². The molecular formula is C31H31N3O3. The Hall–Kier alpha value is -4.19. The van der Waals surface area contributed by atoms with Gasteiger partial charge < -0.3 is 9.88 Å². The van der Waals surface area contributed by atoms with Crippen molar-refractivity contribution in [3.05, 3.63) is 102 Å². The lowest BCUT2D eigenvalue weighted by molar-refractivity contribution is -0.137. The van der Waals surface area contributed by atoms with E-state index in [4.69, 9.17) is 0 Å². The Morgan fingerprint density at radius 3 is 2.41 bits per heavy atom. The number of anilines is 1. The third-order valence-corrected chi connectivity index (χ3v) is 7.13. The Morgan fingerprint density at radius 1 is 0.973 bits per heavy atom. The second-order valence-electron chi connectivity index (χ2n) is 9.89. The Bertz CT molecular complexity index is 1420. The summed E-state index contributed by atoms with van der Waals surface area (Å²) in [6.45, 7) is 4.54. The summed E-state index contributed by atoms with van der Waals surface area (Å²) in [5.41, 5.74) is 4.67. The molecule has 1 aromatic heterocycles. The summed E-state index contributed by atoms with van der Waals surface area (Å²) in [5.74, 6) is -0.434. The first-order chi connectivity index (χ1) is 17.9. The van der Waals surface area contributed by atoms with Gasteiger partial charge >= 0.3 is 0 Å². The van der Waals surface area contributed by atoms with E-state index in [0.29, 0.717) is 24.6 Å². The number of imide groups is 1. The van der Waals surface area contributed by atoms with E-state index in [1.54, 1.807) is 4.90 Å². The highest BCUT2D eigenvalue weighted by Gasteiger charge is 2.44. The van der Waals surface area contributed by atoms with Crippen LogP contribution in [-0.4, -0.2) is 40.2 Å². The Morgan fingerprint density at radius 2 is 1.68 bits per heavy atom. The third-order valence-electron chi connectivity index (χ3n) is 7.13. The normalized spacial score (nSPS) is 15.6. The van der Waals surface area contributed by atoms with Gasteiger partial charge in [0, 0.05) is 23.6 Å². The fourth-order valence-electron chi connectivity index (χ4n) is 5.04. The molecule has 6 nitrogen and oxygen atoms in total. The SMILES string of the molecule is CC(C)c1ccc(N2C(=O)CC(N(CCc3c[nH]c4ccccc34)C(=O)Cc3ccccc3)C2=O)cc1. The van der Waals surface area contributed by atoms with Crippen molar-refractivity contribution < 1.29 is 14.4 Å². The molecule has 37 heavy (non-hydrogen) atoms. The van der Waals surface area contributed by atoms with Crippen molar-refractivity contribution in [2.75, 3.05) is 11.4 Å². The van der Waals surface area contributed by atoms with Gasteiger partial charge in [0.25, 0.3) is 5.91 Å². The quantitative estimate of drug-likeness (QED) is 0.341. The van der Waals surface area contributed by atoms with E-state index >= 15 is 0 Å². The first-order valence-corrected chi connectivity index (χ1v) is 12.8. The molecule has 2 heterocycles. The molecule has 6 heteroatoms. The van der Waals surface area contributed by atoms with Gasteiger partial charge in [0.2, 0.25) is 11.8 Å². The number of nitrogens with zero attached hydrogens (tertiary/aromatic N) is 2. The minimum Gasteiger partial charge on any atom is -0.361 e. The topological polar surface area (TPSA) is 73.5 Å².